The van der Waals surface area contributed by atoms with Crippen LogP contribution in [0, 0.1) is 0 Å². The number of benzene rings is 2. The maximum atomic E-state index is 6.02. The Labute approximate surface area is 134 Å². The van der Waals surface area contributed by atoms with Gasteiger partial charge >= 0.3 is 0 Å². The lowest BCUT2D eigenvalue weighted by atomic mass is 9.63. The molecule has 0 amide bonds. The van der Waals surface area contributed by atoms with Gasteiger partial charge in [-0.1, -0.05) is 64.1 Å². The molecular formula is C21H26O. The fourth-order valence-corrected chi connectivity index (χ4v) is 3.40. The van der Waals surface area contributed by atoms with Crippen molar-refractivity contribution >= 4 is 0 Å². The minimum Gasteiger partial charge on any atom is -0.489 e. The van der Waals surface area contributed by atoms with E-state index >= 15 is 0 Å². The average molecular weight is 294 g/mol. The van der Waals surface area contributed by atoms with E-state index in [0.29, 0.717) is 6.61 Å². The van der Waals surface area contributed by atoms with Gasteiger partial charge in [0.1, 0.15) is 12.4 Å². The molecule has 3 rings (SSSR count). The molecular weight excluding hydrogens is 268 g/mol. The Kier molecular flexibility index (Phi) is 3.76. The van der Waals surface area contributed by atoms with Crippen LogP contribution in [0.25, 0.3) is 0 Å². The van der Waals surface area contributed by atoms with E-state index in [-0.39, 0.29) is 10.8 Å². The van der Waals surface area contributed by atoms with E-state index in [2.05, 4.69) is 70.2 Å². The normalized spacial score (nSPS) is 18.5. The molecule has 0 atom stereocenters. The van der Waals surface area contributed by atoms with E-state index in [4.69, 9.17) is 4.74 Å². The summed E-state index contributed by atoms with van der Waals surface area (Å²) in [5.41, 5.74) is 4.64. The van der Waals surface area contributed by atoms with Crippen molar-refractivity contribution in [1.82, 2.24) is 0 Å². The van der Waals surface area contributed by atoms with Crippen LogP contribution >= 0.6 is 0 Å². The molecule has 0 aliphatic heterocycles. The van der Waals surface area contributed by atoms with E-state index in [0.717, 1.165) is 5.75 Å². The van der Waals surface area contributed by atoms with Crippen molar-refractivity contribution in [2.75, 3.05) is 0 Å². The molecule has 2 aromatic carbocycles. The summed E-state index contributed by atoms with van der Waals surface area (Å²) >= 11 is 0. The van der Waals surface area contributed by atoms with Crippen molar-refractivity contribution in [3.63, 3.8) is 0 Å². The molecule has 0 heterocycles. The van der Waals surface area contributed by atoms with Gasteiger partial charge in [0.05, 0.1) is 0 Å². The van der Waals surface area contributed by atoms with Crippen LogP contribution in [0.5, 0.6) is 5.75 Å². The smallest absolute Gasteiger partial charge is 0.120 e. The second-order valence-electron chi connectivity index (χ2n) is 7.75. The first-order valence-corrected chi connectivity index (χ1v) is 8.20. The lowest BCUT2D eigenvalue weighted by molar-refractivity contribution is 0.298. The Morgan fingerprint density at radius 2 is 1.45 bits per heavy atom. The van der Waals surface area contributed by atoms with Gasteiger partial charge in [-0.25, -0.2) is 0 Å². The summed E-state index contributed by atoms with van der Waals surface area (Å²) in [6.07, 6.45) is 2.48. The Balaban J connectivity index is 1.86. The first-order chi connectivity index (χ1) is 10.4. The summed E-state index contributed by atoms with van der Waals surface area (Å²) in [6.45, 7) is 10.0. The highest BCUT2D eigenvalue weighted by molar-refractivity contribution is 5.45. The average Bonchev–Trinajstić information content (AvgIpc) is 2.51. The van der Waals surface area contributed by atoms with Crippen molar-refractivity contribution in [2.45, 2.75) is 58.0 Å². The molecule has 0 saturated carbocycles. The minimum atomic E-state index is 0.233. The molecule has 1 aliphatic carbocycles. The van der Waals surface area contributed by atoms with Crippen LogP contribution in [-0.4, -0.2) is 0 Å². The standard InChI is InChI=1S/C21H26O/c1-20(2)12-13-21(3,4)19-14-17(10-11-18(19)20)22-15-16-8-6-5-7-9-16/h5-11,14H,12-13,15H2,1-4H3. The summed E-state index contributed by atoms with van der Waals surface area (Å²) < 4.78 is 6.02. The molecule has 116 valence electrons. The maximum Gasteiger partial charge on any atom is 0.120 e. The molecule has 0 fully saturated rings. The molecule has 0 spiro atoms. The minimum absolute atomic E-state index is 0.233. The third kappa shape index (κ3) is 2.90. The Hall–Kier alpha value is -1.76. The zero-order chi connectivity index (χ0) is 15.8. The molecule has 0 aromatic heterocycles. The quantitative estimate of drug-likeness (QED) is 0.714. The predicted octanol–water partition coefficient (Wildman–Crippen LogP) is 5.61. The lowest BCUT2D eigenvalue weighted by Gasteiger charge is -2.41. The Morgan fingerprint density at radius 3 is 2.14 bits per heavy atom. The van der Waals surface area contributed by atoms with Crippen LogP contribution in [0.3, 0.4) is 0 Å². The van der Waals surface area contributed by atoms with Crippen LogP contribution < -0.4 is 4.74 Å². The van der Waals surface area contributed by atoms with Crippen molar-refractivity contribution in [1.29, 1.82) is 0 Å². The third-order valence-corrected chi connectivity index (χ3v) is 5.07. The summed E-state index contributed by atoms with van der Waals surface area (Å²) in [5, 5.41) is 0. The highest BCUT2D eigenvalue weighted by Crippen LogP contribution is 2.46. The predicted molar refractivity (Wildman–Crippen MR) is 92.5 cm³/mol. The lowest BCUT2D eigenvalue weighted by Crippen LogP contribution is -2.33. The number of fused-ring (bicyclic) bond motifs is 1. The summed E-state index contributed by atoms with van der Waals surface area (Å²) in [5.74, 6) is 0.980. The van der Waals surface area contributed by atoms with Gasteiger partial charge in [-0.05, 0) is 52.5 Å². The molecule has 0 N–H and O–H groups in total. The molecule has 0 radical (unpaired) electrons. The second kappa shape index (κ2) is 5.46. The molecule has 0 unspecified atom stereocenters. The van der Waals surface area contributed by atoms with Gasteiger partial charge in [-0.15, -0.1) is 0 Å². The van der Waals surface area contributed by atoms with E-state index in [1.807, 2.05) is 6.07 Å². The first kappa shape index (κ1) is 15.1. The van der Waals surface area contributed by atoms with Gasteiger partial charge < -0.3 is 4.74 Å². The number of ether oxygens (including phenoxy) is 1. The summed E-state index contributed by atoms with van der Waals surface area (Å²) in [4.78, 5) is 0. The summed E-state index contributed by atoms with van der Waals surface area (Å²) in [6, 6.07) is 17.0. The van der Waals surface area contributed by atoms with Gasteiger partial charge in [0.15, 0.2) is 0 Å². The zero-order valence-corrected chi connectivity index (χ0v) is 14.1. The van der Waals surface area contributed by atoms with Gasteiger partial charge in [0.2, 0.25) is 0 Å². The molecule has 1 heteroatoms. The summed E-state index contributed by atoms with van der Waals surface area (Å²) in [7, 11) is 0. The van der Waals surface area contributed by atoms with Crippen molar-refractivity contribution in [2.24, 2.45) is 0 Å². The molecule has 0 bridgehead atoms. The van der Waals surface area contributed by atoms with E-state index < -0.39 is 0 Å². The fraction of sp³-hybridized carbons (Fsp3) is 0.429. The topological polar surface area (TPSA) is 9.23 Å². The van der Waals surface area contributed by atoms with Crippen molar-refractivity contribution in [3.05, 3.63) is 65.2 Å². The fourth-order valence-electron chi connectivity index (χ4n) is 3.40. The Morgan fingerprint density at radius 1 is 0.818 bits per heavy atom. The molecule has 2 aromatic rings. The number of hydrogen-bond donors (Lipinski definition) is 0. The molecule has 0 saturated heterocycles. The zero-order valence-electron chi connectivity index (χ0n) is 14.1. The van der Waals surface area contributed by atoms with Gasteiger partial charge in [0.25, 0.3) is 0 Å². The highest BCUT2D eigenvalue weighted by atomic mass is 16.5. The van der Waals surface area contributed by atoms with Gasteiger partial charge in [0, 0.05) is 0 Å². The van der Waals surface area contributed by atoms with Crippen molar-refractivity contribution < 1.29 is 4.74 Å². The van der Waals surface area contributed by atoms with E-state index in [1.54, 1.807) is 0 Å². The van der Waals surface area contributed by atoms with Crippen molar-refractivity contribution in [3.8, 4) is 5.75 Å². The van der Waals surface area contributed by atoms with Crippen LogP contribution in [0.2, 0.25) is 0 Å². The van der Waals surface area contributed by atoms with E-state index in [9.17, 15) is 0 Å². The number of hydrogen-bond acceptors (Lipinski definition) is 1. The maximum absolute atomic E-state index is 6.02. The van der Waals surface area contributed by atoms with Crippen LogP contribution in [0.15, 0.2) is 48.5 Å². The van der Waals surface area contributed by atoms with Gasteiger partial charge in [-0.3, -0.25) is 0 Å². The molecule has 1 nitrogen and oxygen atoms in total. The van der Waals surface area contributed by atoms with Gasteiger partial charge in [-0.2, -0.15) is 0 Å². The largest absolute Gasteiger partial charge is 0.489 e. The van der Waals surface area contributed by atoms with Crippen LogP contribution in [0.1, 0.15) is 57.2 Å². The van der Waals surface area contributed by atoms with E-state index in [1.165, 1.54) is 29.5 Å². The molecule has 22 heavy (non-hydrogen) atoms. The third-order valence-electron chi connectivity index (χ3n) is 5.07. The molecule has 1 aliphatic rings. The SMILES string of the molecule is CC1(C)CCC(C)(C)c2cc(OCc3ccccc3)ccc21. The van der Waals surface area contributed by atoms with Crippen LogP contribution in [0.4, 0.5) is 0 Å². The number of rotatable bonds is 3. The Bertz CT molecular complexity index is 653. The van der Waals surface area contributed by atoms with Crippen LogP contribution in [-0.2, 0) is 17.4 Å². The second-order valence-corrected chi connectivity index (χ2v) is 7.75. The highest BCUT2D eigenvalue weighted by Gasteiger charge is 2.37. The first-order valence-electron chi connectivity index (χ1n) is 8.20. The monoisotopic (exact) mass is 294 g/mol.